The molecule has 2 aromatic heterocycles. The highest BCUT2D eigenvalue weighted by molar-refractivity contribution is 5.75. The van der Waals surface area contributed by atoms with Crippen molar-refractivity contribution in [2.75, 3.05) is 13.1 Å². The monoisotopic (exact) mass is 588 g/mol. The third-order valence-corrected chi connectivity index (χ3v) is 7.36. The number of furan rings is 1. The van der Waals surface area contributed by atoms with Gasteiger partial charge in [0, 0.05) is 29.6 Å². The van der Waals surface area contributed by atoms with Gasteiger partial charge in [0.25, 0.3) is 5.89 Å². The number of aromatic nitrogens is 2. The minimum atomic E-state index is -0.778. The number of nitrogens with zero attached hydrogens (tertiary/aromatic N) is 3. The first-order chi connectivity index (χ1) is 20.3. The van der Waals surface area contributed by atoms with Crippen molar-refractivity contribution in [3.8, 4) is 28.6 Å². The van der Waals surface area contributed by atoms with Gasteiger partial charge in [-0.3, -0.25) is 9.69 Å². The van der Waals surface area contributed by atoms with E-state index in [4.69, 9.17) is 14.7 Å². The van der Waals surface area contributed by atoms with Gasteiger partial charge >= 0.3 is 5.97 Å². The maximum Gasteiger partial charge on any atom is 0.310 e. The normalized spacial score (nSPS) is 15.2. The predicted molar refractivity (Wildman–Crippen MR) is 166 cm³/mol. The number of nitrogens with two attached hydrogens (primary N) is 1. The quantitative estimate of drug-likeness (QED) is 0.198. The van der Waals surface area contributed by atoms with Gasteiger partial charge in [0.15, 0.2) is 0 Å². The van der Waals surface area contributed by atoms with Crippen LogP contribution in [0.5, 0.6) is 5.75 Å². The number of carbonyl (C=O) groups is 1. The number of aromatic hydroxyl groups is 1. The fraction of sp³-hybridized carbons (Fsp3) is 0.441. The molecule has 1 saturated heterocycles. The van der Waals surface area contributed by atoms with Crippen LogP contribution in [0.2, 0.25) is 0 Å². The molecule has 5 rings (SSSR count). The Morgan fingerprint density at radius 3 is 2.28 bits per heavy atom. The zero-order chi connectivity index (χ0) is 31.2. The minimum absolute atomic E-state index is 0. The van der Waals surface area contributed by atoms with E-state index in [-0.39, 0.29) is 11.3 Å². The Labute approximate surface area is 253 Å². The summed E-state index contributed by atoms with van der Waals surface area (Å²) in [5, 5.41) is 24.4. The molecule has 4 aromatic rings. The van der Waals surface area contributed by atoms with Crippen molar-refractivity contribution in [2.24, 2.45) is 17.1 Å². The second kappa shape index (κ2) is 13.6. The van der Waals surface area contributed by atoms with Crippen LogP contribution in [0.15, 0.2) is 69.8 Å². The summed E-state index contributed by atoms with van der Waals surface area (Å²) < 4.78 is 10.9. The molecule has 0 amide bonds. The van der Waals surface area contributed by atoms with E-state index in [1.807, 2.05) is 63.2 Å². The van der Waals surface area contributed by atoms with Gasteiger partial charge in [-0.25, -0.2) is 0 Å². The van der Waals surface area contributed by atoms with Gasteiger partial charge in [-0.05, 0) is 94.4 Å². The summed E-state index contributed by atoms with van der Waals surface area (Å²) in [7, 11) is 0. The number of benzene rings is 2. The lowest BCUT2D eigenvalue weighted by Gasteiger charge is -2.38. The molecule has 0 radical (unpaired) electrons. The highest BCUT2D eigenvalue weighted by atomic mass is 16.5. The van der Waals surface area contributed by atoms with Crippen LogP contribution < -0.4 is 5.73 Å². The van der Waals surface area contributed by atoms with Crippen molar-refractivity contribution in [3.63, 3.8) is 0 Å². The molecule has 0 aliphatic carbocycles. The Balaban J connectivity index is 0.000000782. The minimum Gasteiger partial charge on any atom is -0.508 e. The SMILES string of the molecule is CC(C)(C)N.CC(C)Cc1ccc(-c2nc(-c3ccc(CN4CCC(Cc5ccco5)(C(=O)O)CC4)cc3)no2)cc1O. The van der Waals surface area contributed by atoms with Crippen LogP contribution in [0, 0.1) is 11.3 Å². The molecule has 43 heavy (non-hydrogen) atoms. The van der Waals surface area contributed by atoms with Crippen molar-refractivity contribution in [1.82, 2.24) is 15.0 Å². The summed E-state index contributed by atoms with van der Waals surface area (Å²) in [4.78, 5) is 18.9. The van der Waals surface area contributed by atoms with E-state index in [2.05, 4.69) is 28.9 Å². The van der Waals surface area contributed by atoms with E-state index in [0.717, 1.165) is 35.4 Å². The molecule has 0 saturated carbocycles. The molecule has 1 fully saturated rings. The predicted octanol–water partition coefficient (Wildman–Crippen LogP) is 6.55. The fourth-order valence-corrected chi connectivity index (χ4v) is 5.14. The molecule has 1 aliphatic heterocycles. The topological polar surface area (TPSA) is 139 Å². The number of phenolic OH excluding ortho intramolecular Hbond substituents is 1. The third kappa shape index (κ3) is 9.02. The third-order valence-electron chi connectivity index (χ3n) is 7.36. The van der Waals surface area contributed by atoms with E-state index in [1.54, 1.807) is 18.4 Å². The van der Waals surface area contributed by atoms with E-state index >= 15 is 0 Å². The van der Waals surface area contributed by atoms with Crippen LogP contribution >= 0.6 is 0 Å². The lowest BCUT2D eigenvalue weighted by molar-refractivity contribution is -0.152. The number of rotatable bonds is 9. The summed E-state index contributed by atoms with van der Waals surface area (Å²) in [6, 6.07) is 17.1. The summed E-state index contributed by atoms with van der Waals surface area (Å²) in [5.74, 6) is 1.50. The van der Waals surface area contributed by atoms with Crippen LogP contribution in [-0.4, -0.2) is 49.9 Å². The summed E-state index contributed by atoms with van der Waals surface area (Å²) >= 11 is 0. The molecule has 0 bridgehead atoms. The molecular formula is C34H44N4O5. The van der Waals surface area contributed by atoms with E-state index < -0.39 is 11.4 Å². The van der Waals surface area contributed by atoms with E-state index in [1.165, 1.54) is 0 Å². The number of piperidine rings is 1. The van der Waals surface area contributed by atoms with Crippen molar-refractivity contribution in [3.05, 3.63) is 77.7 Å². The van der Waals surface area contributed by atoms with Crippen molar-refractivity contribution in [1.29, 1.82) is 0 Å². The largest absolute Gasteiger partial charge is 0.508 e. The number of phenols is 1. The van der Waals surface area contributed by atoms with Crippen LogP contribution in [-0.2, 0) is 24.2 Å². The van der Waals surface area contributed by atoms with Gasteiger partial charge in [-0.2, -0.15) is 4.98 Å². The molecule has 3 heterocycles. The van der Waals surface area contributed by atoms with Gasteiger partial charge < -0.3 is 24.9 Å². The Hall–Kier alpha value is -3.95. The lowest BCUT2D eigenvalue weighted by Crippen LogP contribution is -2.45. The van der Waals surface area contributed by atoms with Gasteiger partial charge in [0.05, 0.1) is 11.7 Å². The Kier molecular flexibility index (Phi) is 10.1. The maximum atomic E-state index is 12.1. The smallest absolute Gasteiger partial charge is 0.310 e. The molecule has 2 aromatic carbocycles. The number of carboxylic acid groups (broad SMARTS) is 1. The zero-order valence-corrected chi connectivity index (χ0v) is 25.8. The van der Waals surface area contributed by atoms with Gasteiger partial charge in [-0.1, -0.05) is 49.3 Å². The summed E-state index contributed by atoms with van der Waals surface area (Å²) in [6.45, 7) is 12.3. The molecule has 4 N–H and O–H groups in total. The van der Waals surface area contributed by atoms with Gasteiger partial charge in [0.2, 0.25) is 5.82 Å². The second-order valence-electron chi connectivity index (χ2n) is 13.0. The van der Waals surface area contributed by atoms with E-state index in [9.17, 15) is 15.0 Å². The summed E-state index contributed by atoms with van der Waals surface area (Å²) in [5.41, 5.74) is 8.13. The summed E-state index contributed by atoms with van der Waals surface area (Å²) in [6.07, 6.45) is 3.99. The van der Waals surface area contributed by atoms with Crippen LogP contribution in [0.3, 0.4) is 0 Å². The average Bonchev–Trinajstić information content (AvgIpc) is 3.63. The molecule has 230 valence electrons. The molecule has 9 nitrogen and oxygen atoms in total. The average molecular weight is 589 g/mol. The number of aliphatic carboxylic acids is 1. The molecule has 0 atom stereocenters. The fourth-order valence-electron chi connectivity index (χ4n) is 5.14. The highest BCUT2D eigenvalue weighted by Gasteiger charge is 2.42. The molecule has 1 aliphatic rings. The molecular weight excluding hydrogens is 544 g/mol. The Morgan fingerprint density at radius 1 is 1.07 bits per heavy atom. The van der Waals surface area contributed by atoms with Crippen molar-refractivity contribution in [2.45, 2.75) is 72.4 Å². The number of likely N-dealkylation sites (tertiary alicyclic amines) is 1. The van der Waals surface area contributed by atoms with E-state index in [0.29, 0.717) is 55.5 Å². The van der Waals surface area contributed by atoms with Crippen LogP contribution in [0.4, 0.5) is 0 Å². The maximum absolute atomic E-state index is 12.1. The first-order valence-corrected chi connectivity index (χ1v) is 14.8. The Bertz CT molecular complexity index is 1460. The molecule has 0 unspecified atom stereocenters. The standard InChI is InChI=1S/C30H33N3O5.C4H11N/c1-20(2)16-23-9-10-24(17-26(23)34)28-31-27(32-38-28)22-7-5-21(6-8-22)19-33-13-11-30(12-14-33,29(35)36)18-25-4-3-15-37-25;1-4(2,3)5/h3-10,15,17,20,34H,11-14,16,18-19H2,1-2H3,(H,35,36);5H2,1-3H3. The van der Waals surface area contributed by atoms with Crippen LogP contribution in [0.25, 0.3) is 22.8 Å². The second-order valence-corrected chi connectivity index (χ2v) is 13.0. The first-order valence-electron chi connectivity index (χ1n) is 14.8. The van der Waals surface area contributed by atoms with Gasteiger partial charge in [0.1, 0.15) is 11.5 Å². The Morgan fingerprint density at radius 2 is 1.72 bits per heavy atom. The zero-order valence-electron chi connectivity index (χ0n) is 25.8. The van der Waals surface area contributed by atoms with Crippen molar-refractivity contribution < 1.29 is 23.9 Å². The van der Waals surface area contributed by atoms with Crippen molar-refractivity contribution >= 4 is 5.97 Å². The lowest BCUT2D eigenvalue weighted by atomic mass is 9.75. The number of hydrogen-bond donors (Lipinski definition) is 3. The van der Waals surface area contributed by atoms with Crippen LogP contribution in [0.1, 0.15) is 64.3 Å². The number of hydrogen-bond acceptors (Lipinski definition) is 8. The first kappa shape index (κ1) is 32.0. The number of carboxylic acids is 1. The molecule has 0 spiro atoms. The van der Waals surface area contributed by atoms with Gasteiger partial charge in [-0.15, -0.1) is 0 Å². The highest BCUT2D eigenvalue weighted by Crippen LogP contribution is 2.36. The molecule has 9 heteroatoms.